The highest BCUT2D eigenvalue weighted by Crippen LogP contribution is 2.32. The van der Waals surface area contributed by atoms with Gasteiger partial charge in [-0.25, -0.2) is 14.6 Å². The third kappa shape index (κ3) is 7.50. The predicted octanol–water partition coefficient (Wildman–Crippen LogP) is 5.30. The Hall–Kier alpha value is -4.52. The van der Waals surface area contributed by atoms with Crippen LogP contribution >= 0.6 is 0 Å². The first-order chi connectivity index (χ1) is 17.0. The Bertz CT molecular complexity index is 1170. The Balaban J connectivity index is 1.54. The Morgan fingerprint density at radius 2 is 1.97 bits per heavy atom. The van der Waals surface area contributed by atoms with Crippen LogP contribution in [0.4, 0.5) is 21.0 Å². The Morgan fingerprint density at radius 3 is 2.66 bits per heavy atom. The van der Waals surface area contributed by atoms with Gasteiger partial charge in [0.2, 0.25) is 0 Å². The van der Waals surface area contributed by atoms with E-state index in [1.807, 2.05) is 13.0 Å². The summed E-state index contributed by atoms with van der Waals surface area (Å²) < 4.78 is 16.0. The molecule has 1 atom stereocenters. The molecule has 10 nitrogen and oxygen atoms in total. The van der Waals surface area contributed by atoms with Gasteiger partial charge in [0, 0.05) is 30.4 Å². The number of nitrogens with zero attached hydrogens (tertiary/aromatic N) is 2. The van der Waals surface area contributed by atoms with Gasteiger partial charge in [0.1, 0.15) is 11.9 Å². The fourth-order valence-corrected chi connectivity index (χ4v) is 3.31. The monoisotopic (exact) mass is 477 g/mol. The average molecular weight is 478 g/mol. The number of anilines is 2. The van der Waals surface area contributed by atoms with Crippen molar-refractivity contribution in [3.05, 3.63) is 60.6 Å². The lowest BCUT2D eigenvalue weighted by Gasteiger charge is -2.15. The van der Waals surface area contributed by atoms with Crippen LogP contribution in [0.15, 0.2) is 59.5 Å². The molecule has 3 aromatic rings. The molecule has 0 saturated heterocycles. The number of carbonyl (C=O) groups is 2. The quantitative estimate of drug-likeness (QED) is 0.360. The van der Waals surface area contributed by atoms with Crippen molar-refractivity contribution in [2.24, 2.45) is 0 Å². The van der Waals surface area contributed by atoms with Crippen LogP contribution in [-0.4, -0.2) is 30.3 Å². The zero-order chi connectivity index (χ0) is 25.0. The molecule has 0 bridgehead atoms. The fraction of sp³-hybridized carbons (Fsp3) is 0.280. The van der Waals surface area contributed by atoms with Crippen molar-refractivity contribution in [1.29, 1.82) is 5.26 Å². The normalized spacial score (nSPS) is 11.1. The smallest absolute Gasteiger partial charge is 0.407 e. The molecule has 1 aromatic heterocycles. The second-order valence-corrected chi connectivity index (χ2v) is 7.55. The van der Waals surface area contributed by atoms with E-state index >= 15 is 0 Å². The molecule has 0 aliphatic carbocycles. The summed E-state index contributed by atoms with van der Waals surface area (Å²) in [6.45, 7) is 2.13. The second kappa shape index (κ2) is 12.6. The molecule has 10 heteroatoms. The molecule has 0 saturated carbocycles. The van der Waals surface area contributed by atoms with Crippen LogP contribution in [0.3, 0.4) is 0 Å². The summed E-state index contributed by atoms with van der Waals surface area (Å²) >= 11 is 0. The van der Waals surface area contributed by atoms with E-state index in [0.717, 1.165) is 5.56 Å². The van der Waals surface area contributed by atoms with Gasteiger partial charge in [-0.15, -0.1) is 0 Å². The maximum Gasteiger partial charge on any atom is 0.407 e. The average Bonchev–Trinajstić information content (AvgIpc) is 3.40. The molecule has 1 heterocycles. The topological polar surface area (TPSA) is 139 Å². The molecule has 0 unspecified atom stereocenters. The first-order valence-electron chi connectivity index (χ1n) is 11.1. The van der Waals surface area contributed by atoms with Gasteiger partial charge in [-0.05, 0) is 42.7 Å². The minimum absolute atomic E-state index is 0.227. The largest absolute Gasteiger partial charge is 0.496 e. The lowest BCUT2D eigenvalue weighted by molar-refractivity contribution is 0.0906. The van der Waals surface area contributed by atoms with Gasteiger partial charge in [0.15, 0.2) is 12.2 Å². The molecule has 182 valence electrons. The number of oxazole rings is 1. The van der Waals surface area contributed by atoms with Crippen molar-refractivity contribution in [2.45, 2.75) is 38.8 Å². The fourth-order valence-electron chi connectivity index (χ4n) is 3.31. The maximum atomic E-state index is 12.5. The van der Waals surface area contributed by atoms with Crippen LogP contribution in [0.2, 0.25) is 0 Å². The first kappa shape index (κ1) is 25.1. The number of ether oxygens (including phenoxy) is 2. The van der Waals surface area contributed by atoms with Crippen molar-refractivity contribution < 1.29 is 23.5 Å². The lowest BCUT2D eigenvalue weighted by atomic mass is 10.1. The van der Waals surface area contributed by atoms with Crippen LogP contribution in [0.5, 0.6) is 5.75 Å². The molecule has 35 heavy (non-hydrogen) atoms. The van der Waals surface area contributed by atoms with E-state index in [1.54, 1.807) is 42.6 Å². The third-order valence-electron chi connectivity index (χ3n) is 5.09. The molecule has 2 aromatic carbocycles. The second-order valence-electron chi connectivity index (χ2n) is 7.55. The molecule has 0 spiro atoms. The summed E-state index contributed by atoms with van der Waals surface area (Å²) in [5.41, 5.74) is 2.58. The standard InChI is InChI=1S/C25H27N5O5/c1-3-20(8-5-11-26)35-25(32)28-14-17-6-4-7-18(12-17)29-24(31)30-19-9-10-21(22(13-19)33-2)23-15-27-16-34-23/h4,6-7,9-10,12-13,15-16,20H,3,5,8,14H2,1-2H3,(H,28,32)(H2,29,30,31)/t20-/m1/s1. The van der Waals surface area contributed by atoms with Gasteiger partial charge in [-0.2, -0.15) is 5.26 Å². The minimum Gasteiger partial charge on any atom is -0.496 e. The molecule has 0 radical (unpaired) electrons. The Morgan fingerprint density at radius 1 is 1.17 bits per heavy atom. The van der Waals surface area contributed by atoms with Gasteiger partial charge < -0.3 is 29.8 Å². The summed E-state index contributed by atoms with van der Waals surface area (Å²) in [5, 5.41) is 16.9. The number of nitriles is 1. The van der Waals surface area contributed by atoms with Crippen molar-refractivity contribution in [3.8, 4) is 23.1 Å². The summed E-state index contributed by atoms with van der Waals surface area (Å²) in [7, 11) is 1.53. The summed E-state index contributed by atoms with van der Waals surface area (Å²) in [4.78, 5) is 28.5. The highest BCUT2D eigenvalue weighted by Gasteiger charge is 2.13. The number of aromatic nitrogens is 1. The lowest BCUT2D eigenvalue weighted by Crippen LogP contribution is -2.28. The summed E-state index contributed by atoms with van der Waals surface area (Å²) in [6, 6.07) is 13.9. The number of nitrogens with one attached hydrogen (secondary N) is 3. The van der Waals surface area contributed by atoms with E-state index in [2.05, 4.69) is 27.0 Å². The van der Waals surface area contributed by atoms with Crippen LogP contribution in [0.25, 0.3) is 11.3 Å². The SMILES string of the molecule is CC[C@H](CCC#N)OC(=O)NCc1cccc(NC(=O)Nc2ccc(-c3cnco3)c(OC)c2)c1. The van der Waals surface area contributed by atoms with E-state index in [-0.39, 0.29) is 12.6 Å². The number of hydrogen-bond acceptors (Lipinski definition) is 7. The number of methoxy groups -OCH3 is 1. The van der Waals surface area contributed by atoms with Gasteiger partial charge in [0.25, 0.3) is 0 Å². The van der Waals surface area contributed by atoms with Gasteiger partial charge in [0.05, 0.1) is 24.9 Å². The number of urea groups is 1. The third-order valence-corrected chi connectivity index (χ3v) is 5.09. The molecule has 0 aliphatic heterocycles. The Labute approximate surface area is 203 Å². The number of amides is 3. The molecule has 3 amide bonds. The molecular formula is C25H27N5O5. The van der Waals surface area contributed by atoms with Crippen LogP contribution in [0.1, 0.15) is 31.7 Å². The molecule has 3 N–H and O–H groups in total. The Kier molecular flexibility index (Phi) is 9.07. The highest BCUT2D eigenvalue weighted by atomic mass is 16.6. The zero-order valence-corrected chi connectivity index (χ0v) is 19.5. The zero-order valence-electron chi connectivity index (χ0n) is 19.5. The molecule has 0 fully saturated rings. The summed E-state index contributed by atoms with van der Waals surface area (Å²) in [5.74, 6) is 1.08. The number of alkyl carbamates (subject to hydrolysis) is 1. The van der Waals surface area contributed by atoms with Gasteiger partial charge in [-0.1, -0.05) is 19.1 Å². The van der Waals surface area contributed by atoms with E-state index in [9.17, 15) is 9.59 Å². The van der Waals surface area contributed by atoms with Gasteiger partial charge in [-0.3, -0.25) is 0 Å². The number of carbonyl (C=O) groups excluding carboxylic acids is 2. The number of benzene rings is 2. The van der Waals surface area contributed by atoms with Crippen molar-refractivity contribution in [3.63, 3.8) is 0 Å². The molecule has 0 aliphatic rings. The van der Waals surface area contributed by atoms with Gasteiger partial charge >= 0.3 is 12.1 Å². The van der Waals surface area contributed by atoms with E-state index < -0.39 is 12.1 Å². The summed E-state index contributed by atoms with van der Waals surface area (Å²) in [6.07, 6.45) is 3.54. The maximum absolute atomic E-state index is 12.5. The van der Waals surface area contributed by atoms with Crippen LogP contribution in [-0.2, 0) is 11.3 Å². The number of hydrogen-bond donors (Lipinski definition) is 3. The predicted molar refractivity (Wildman–Crippen MR) is 130 cm³/mol. The number of rotatable bonds is 10. The van der Waals surface area contributed by atoms with Crippen LogP contribution in [0, 0.1) is 11.3 Å². The van der Waals surface area contributed by atoms with Crippen molar-refractivity contribution in [2.75, 3.05) is 17.7 Å². The van der Waals surface area contributed by atoms with E-state index in [0.29, 0.717) is 47.7 Å². The molecule has 3 rings (SSSR count). The van der Waals surface area contributed by atoms with Crippen molar-refractivity contribution in [1.82, 2.24) is 10.3 Å². The van der Waals surface area contributed by atoms with Crippen molar-refractivity contribution >= 4 is 23.5 Å². The highest BCUT2D eigenvalue weighted by molar-refractivity contribution is 6.00. The minimum atomic E-state index is -0.548. The van der Waals surface area contributed by atoms with E-state index in [1.165, 1.54) is 13.5 Å². The first-order valence-corrected chi connectivity index (χ1v) is 11.1. The molecular weight excluding hydrogens is 450 g/mol. The van der Waals surface area contributed by atoms with Crippen LogP contribution < -0.4 is 20.7 Å². The van der Waals surface area contributed by atoms with E-state index in [4.69, 9.17) is 19.2 Å².